The average Bonchev–Trinajstić information content (AvgIpc) is 2.26. The van der Waals surface area contributed by atoms with Gasteiger partial charge in [-0.25, -0.2) is 4.39 Å². The van der Waals surface area contributed by atoms with E-state index in [2.05, 4.69) is 0 Å². The molecule has 0 atom stereocenters. The molecule has 18 heavy (non-hydrogen) atoms. The molecule has 0 spiro atoms. The largest absolute Gasteiger partial charge is 0.390 e. The molecule has 0 fully saturated rings. The van der Waals surface area contributed by atoms with E-state index in [4.69, 9.17) is 0 Å². The van der Waals surface area contributed by atoms with Crippen LogP contribution in [0.15, 0.2) is 18.2 Å². The number of fused-ring (bicyclic) bond motifs is 1. The minimum Gasteiger partial charge on any atom is -0.390 e. The van der Waals surface area contributed by atoms with E-state index in [1.54, 1.807) is 24.8 Å². The van der Waals surface area contributed by atoms with Crippen LogP contribution in [0.3, 0.4) is 0 Å². The summed E-state index contributed by atoms with van der Waals surface area (Å²) in [4.78, 5) is 13.6. The zero-order valence-electron chi connectivity index (χ0n) is 10.7. The quantitative estimate of drug-likeness (QED) is 0.895. The van der Waals surface area contributed by atoms with Crippen molar-refractivity contribution < 1.29 is 14.3 Å². The van der Waals surface area contributed by atoms with Crippen molar-refractivity contribution in [1.82, 2.24) is 0 Å². The van der Waals surface area contributed by atoms with E-state index in [1.807, 2.05) is 0 Å². The van der Waals surface area contributed by atoms with Crippen molar-refractivity contribution in [2.45, 2.75) is 38.7 Å². The second-order valence-electron chi connectivity index (χ2n) is 5.38. The SMILES string of the molecule is CC(C)(O)CCN1C(=O)CCc2cc(F)ccc21. The summed E-state index contributed by atoms with van der Waals surface area (Å²) in [5, 5.41) is 9.73. The molecule has 0 saturated carbocycles. The smallest absolute Gasteiger partial charge is 0.227 e. The molecule has 98 valence electrons. The Balaban J connectivity index is 2.23. The fraction of sp³-hybridized carbons (Fsp3) is 0.500. The number of hydrogen-bond acceptors (Lipinski definition) is 2. The number of benzene rings is 1. The number of rotatable bonds is 3. The van der Waals surface area contributed by atoms with Crippen LogP contribution in [0, 0.1) is 5.82 Å². The number of carbonyl (C=O) groups is 1. The molecule has 0 unspecified atom stereocenters. The van der Waals surface area contributed by atoms with Gasteiger partial charge in [-0.05, 0) is 50.5 Å². The van der Waals surface area contributed by atoms with Crippen molar-refractivity contribution in [3.8, 4) is 0 Å². The first kappa shape index (κ1) is 13.0. The zero-order chi connectivity index (χ0) is 13.3. The van der Waals surface area contributed by atoms with E-state index in [0.717, 1.165) is 11.3 Å². The fourth-order valence-electron chi connectivity index (χ4n) is 2.16. The van der Waals surface area contributed by atoms with Gasteiger partial charge in [0.15, 0.2) is 0 Å². The normalized spacial score (nSPS) is 15.8. The lowest BCUT2D eigenvalue weighted by Crippen LogP contribution is -2.38. The van der Waals surface area contributed by atoms with Crippen LogP contribution in [0.2, 0.25) is 0 Å². The molecule has 0 saturated heterocycles. The van der Waals surface area contributed by atoms with Crippen molar-refractivity contribution in [2.75, 3.05) is 11.4 Å². The summed E-state index contributed by atoms with van der Waals surface area (Å²) < 4.78 is 13.2. The maximum Gasteiger partial charge on any atom is 0.227 e. The lowest BCUT2D eigenvalue weighted by Gasteiger charge is -2.31. The predicted octanol–water partition coefficient (Wildman–Crippen LogP) is 2.27. The van der Waals surface area contributed by atoms with Gasteiger partial charge >= 0.3 is 0 Å². The van der Waals surface area contributed by atoms with E-state index in [0.29, 0.717) is 25.8 Å². The molecular weight excluding hydrogens is 233 g/mol. The minimum absolute atomic E-state index is 0.0401. The van der Waals surface area contributed by atoms with Gasteiger partial charge in [0.25, 0.3) is 0 Å². The van der Waals surface area contributed by atoms with E-state index in [9.17, 15) is 14.3 Å². The Morgan fingerprint density at radius 1 is 1.39 bits per heavy atom. The predicted molar refractivity (Wildman–Crippen MR) is 68.0 cm³/mol. The monoisotopic (exact) mass is 251 g/mol. The number of hydrogen-bond donors (Lipinski definition) is 1. The van der Waals surface area contributed by atoms with E-state index in [-0.39, 0.29) is 11.7 Å². The molecule has 1 aliphatic rings. The number of amides is 1. The number of nitrogens with zero attached hydrogens (tertiary/aromatic N) is 1. The Bertz CT molecular complexity index is 465. The standard InChI is InChI=1S/C14H18FNO2/c1-14(2,18)7-8-16-12-5-4-11(15)9-10(12)3-6-13(16)17/h4-5,9,18H,3,6-8H2,1-2H3. The van der Waals surface area contributed by atoms with Crippen molar-refractivity contribution >= 4 is 11.6 Å². The van der Waals surface area contributed by atoms with Crippen LogP contribution in [0.5, 0.6) is 0 Å². The summed E-state index contributed by atoms with van der Waals surface area (Å²) in [5.41, 5.74) is 0.833. The molecule has 0 radical (unpaired) electrons. The van der Waals surface area contributed by atoms with E-state index in [1.165, 1.54) is 12.1 Å². The van der Waals surface area contributed by atoms with Crippen LogP contribution in [-0.4, -0.2) is 23.2 Å². The summed E-state index contributed by atoms with van der Waals surface area (Å²) in [6.45, 7) is 3.89. The van der Waals surface area contributed by atoms with Gasteiger partial charge in [0.1, 0.15) is 5.82 Å². The molecule has 1 aliphatic heterocycles. The molecule has 1 N–H and O–H groups in total. The van der Waals surface area contributed by atoms with Crippen LogP contribution < -0.4 is 4.90 Å². The van der Waals surface area contributed by atoms with Gasteiger partial charge in [0.05, 0.1) is 5.60 Å². The summed E-state index contributed by atoms with van der Waals surface area (Å²) in [7, 11) is 0. The molecule has 3 nitrogen and oxygen atoms in total. The van der Waals surface area contributed by atoms with Gasteiger partial charge in [-0.3, -0.25) is 4.79 Å². The van der Waals surface area contributed by atoms with Gasteiger partial charge in [-0.2, -0.15) is 0 Å². The second kappa shape index (κ2) is 4.69. The van der Waals surface area contributed by atoms with Crippen molar-refractivity contribution in [3.05, 3.63) is 29.6 Å². The minimum atomic E-state index is -0.808. The molecule has 0 aromatic heterocycles. The summed E-state index contributed by atoms with van der Waals surface area (Å²) in [6.07, 6.45) is 1.49. The second-order valence-corrected chi connectivity index (χ2v) is 5.38. The van der Waals surface area contributed by atoms with Gasteiger partial charge in [-0.15, -0.1) is 0 Å². The Morgan fingerprint density at radius 2 is 2.11 bits per heavy atom. The van der Waals surface area contributed by atoms with Crippen LogP contribution in [-0.2, 0) is 11.2 Å². The highest BCUT2D eigenvalue weighted by Gasteiger charge is 2.26. The Morgan fingerprint density at radius 3 is 2.78 bits per heavy atom. The first-order chi connectivity index (χ1) is 8.37. The van der Waals surface area contributed by atoms with Crippen LogP contribution in [0.1, 0.15) is 32.3 Å². The van der Waals surface area contributed by atoms with Crippen LogP contribution >= 0.6 is 0 Å². The Kier molecular flexibility index (Phi) is 3.39. The molecule has 1 aromatic rings. The molecule has 1 aromatic carbocycles. The molecular formula is C14H18FNO2. The third kappa shape index (κ3) is 2.88. The topological polar surface area (TPSA) is 40.5 Å². The number of halogens is 1. The molecule has 4 heteroatoms. The number of aryl methyl sites for hydroxylation is 1. The van der Waals surface area contributed by atoms with Crippen LogP contribution in [0.25, 0.3) is 0 Å². The number of anilines is 1. The molecule has 1 amide bonds. The van der Waals surface area contributed by atoms with E-state index >= 15 is 0 Å². The van der Waals surface area contributed by atoms with Crippen molar-refractivity contribution in [3.63, 3.8) is 0 Å². The fourth-order valence-corrected chi connectivity index (χ4v) is 2.16. The third-order valence-electron chi connectivity index (χ3n) is 3.19. The van der Waals surface area contributed by atoms with Gasteiger partial charge in [0, 0.05) is 18.7 Å². The summed E-state index contributed by atoms with van der Waals surface area (Å²) in [6, 6.07) is 4.50. The maximum atomic E-state index is 13.2. The zero-order valence-corrected chi connectivity index (χ0v) is 10.7. The van der Waals surface area contributed by atoms with Crippen LogP contribution in [0.4, 0.5) is 10.1 Å². The maximum absolute atomic E-state index is 13.2. The number of aliphatic hydroxyl groups is 1. The van der Waals surface area contributed by atoms with Crippen molar-refractivity contribution in [2.24, 2.45) is 0 Å². The molecule has 1 heterocycles. The third-order valence-corrected chi connectivity index (χ3v) is 3.19. The lowest BCUT2D eigenvalue weighted by molar-refractivity contribution is -0.119. The highest BCUT2D eigenvalue weighted by atomic mass is 19.1. The molecule has 0 aliphatic carbocycles. The molecule has 0 bridgehead atoms. The van der Waals surface area contributed by atoms with Gasteiger partial charge in [0.2, 0.25) is 5.91 Å². The van der Waals surface area contributed by atoms with Crippen molar-refractivity contribution in [1.29, 1.82) is 0 Å². The Labute approximate surface area is 106 Å². The van der Waals surface area contributed by atoms with E-state index < -0.39 is 5.60 Å². The summed E-state index contributed by atoms with van der Waals surface area (Å²) in [5.74, 6) is -0.233. The molecule has 2 rings (SSSR count). The Hall–Kier alpha value is -1.42. The first-order valence-electron chi connectivity index (χ1n) is 6.18. The number of carbonyl (C=O) groups excluding carboxylic acids is 1. The average molecular weight is 251 g/mol. The highest BCUT2D eigenvalue weighted by molar-refractivity contribution is 5.96. The summed E-state index contributed by atoms with van der Waals surface area (Å²) >= 11 is 0. The van der Waals surface area contributed by atoms with Gasteiger partial charge in [-0.1, -0.05) is 0 Å². The first-order valence-corrected chi connectivity index (χ1v) is 6.18. The van der Waals surface area contributed by atoms with Gasteiger partial charge < -0.3 is 10.0 Å². The lowest BCUT2D eigenvalue weighted by atomic mass is 9.99. The highest BCUT2D eigenvalue weighted by Crippen LogP contribution is 2.29.